The summed E-state index contributed by atoms with van der Waals surface area (Å²) in [6.45, 7) is 2.69. The van der Waals surface area contributed by atoms with Crippen molar-refractivity contribution in [1.29, 1.82) is 0 Å². The van der Waals surface area contributed by atoms with Crippen molar-refractivity contribution in [3.05, 3.63) is 95.6 Å². The van der Waals surface area contributed by atoms with Crippen molar-refractivity contribution in [2.45, 2.75) is 37.5 Å². The van der Waals surface area contributed by atoms with E-state index in [1.807, 2.05) is 84.6 Å². The molecule has 2 atom stereocenters. The third kappa shape index (κ3) is 3.93. The van der Waals surface area contributed by atoms with Gasteiger partial charge < -0.3 is 4.90 Å². The molecule has 0 saturated carbocycles. The first kappa shape index (κ1) is 22.7. The van der Waals surface area contributed by atoms with Crippen LogP contribution in [0.15, 0.2) is 88.8 Å². The molecule has 0 radical (unpaired) electrons. The molecule has 36 heavy (non-hydrogen) atoms. The molecule has 3 aliphatic heterocycles. The topological polar surface area (TPSA) is 65.3 Å². The number of hydrogen-bond acceptors (Lipinski definition) is 5. The molecule has 0 N–H and O–H groups in total. The van der Waals surface area contributed by atoms with Crippen LogP contribution in [0.2, 0.25) is 0 Å². The van der Waals surface area contributed by atoms with Gasteiger partial charge in [0.05, 0.1) is 10.9 Å². The van der Waals surface area contributed by atoms with Crippen LogP contribution >= 0.6 is 11.8 Å². The molecular weight excluding hydrogens is 468 g/mol. The molecule has 3 aromatic rings. The standard InChI is InChI=1S/C29H26N4O2S/c1-2-25(28(35)32-17-16-20-12-6-9-15-24(20)32)36-29-31-22-14-8-7-13-21(22)26-30-23(27(34)33(26)29)18-19-10-4-3-5-11-19/h3-15,23,25H,2,16-18H2,1H3/t23-,25+/m0/s1. The summed E-state index contributed by atoms with van der Waals surface area (Å²) in [5.41, 5.74) is 4.87. The Hall–Kier alpha value is -3.71. The summed E-state index contributed by atoms with van der Waals surface area (Å²) >= 11 is 1.37. The van der Waals surface area contributed by atoms with E-state index in [0.29, 0.717) is 30.4 Å². The molecule has 6 nitrogen and oxygen atoms in total. The van der Waals surface area contributed by atoms with Crippen LogP contribution in [0.5, 0.6) is 0 Å². The number of para-hydroxylation sites is 2. The molecular formula is C29H26N4O2S. The quantitative estimate of drug-likeness (QED) is 0.502. The Morgan fingerprint density at radius 1 is 1.03 bits per heavy atom. The summed E-state index contributed by atoms with van der Waals surface area (Å²) in [7, 11) is 0. The molecule has 6 rings (SSSR count). The Kier molecular flexibility index (Phi) is 5.93. The van der Waals surface area contributed by atoms with Crippen molar-refractivity contribution in [2.75, 3.05) is 11.4 Å². The smallest absolute Gasteiger partial charge is 0.259 e. The predicted octanol–water partition coefficient (Wildman–Crippen LogP) is 4.99. The van der Waals surface area contributed by atoms with Crippen molar-refractivity contribution in [1.82, 2.24) is 4.90 Å². The van der Waals surface area contributed by atoms with Crippen LogP contribution in [0.25, 0.3) is 0 Å². The number of amidine groups is 2. The first-order valence-electron chi connectivity index (χ1n) is 12.3. The van der Waals surface area contributed by atoms with Gasteiger partial charge in [0.1, 0.15) is 11.9 Å². The van der Waals surface area contributed by atoms with Gasteiger partial charge in [0.2, 0.25) is 5.91 Å². The molecule has 0 unspecified atom stereocenters. The lowest BCUT2D eigenvalue weighted by molar-refractivity contribution is -0.124. The molecule has 0 saturated heterocycles. The third-order valence-corrected chi connectivity index (χ3v) is 8.17. The van der Waals surface area contributed by atoms with Crippen LogP contribution in [0.4, 0.5) is 11.4 Å². The molecule has 2 amide bonds. The van der Waals surface area contributed by atoms with Gasteiger partial charge in [-0.1, -0.05) is 79.3 Å². The van der Waals surface area contributed by atoms with Gasteiger partial charge in [0.25, 0.3) is 5.91 Å². The Morgan fingerprint density at radius 3 is 2.61 bits per heavy atom. The number of amides is 2. The second kappa shape index (κ2) is 9.39. The molecule has 7 heteroatoms. The summed E-state index contributed by atoms with van der Waals surface area (Å²) in [4.78, 5) is 40.5. The number of carbonyl (C=O) groups is 2. The number of thioether (sulfide) groups is 1. The lowest BCUT2D eigenvalue weighted by atomic mass is 10.1. The highest BCUT2D eigenvalue weighted by Crippen LogP contribution is 2.37. The van der Waals surface area contributed by atoms with E-state index < -0.39 is 6.04 Å². The van der Waals surface area contributed by atoms with Crippen LogP contribution in [-0.2, 0) is 22.4 Å². The van der Waals surface area contributed by atoms with Gasteiger partial charge in [-0.05, 0) is 42.2 Å². The number of nitrogens with zero attached hydrogens (tertiary/aromatic N) is 4. The number of hydrogen-bond donors (Lipinski definition) is 0. The fraction of sp³-hybridized carbons (Fsp3) is 0.241. The van der Waals surface area contributed by atoms with Crippen LogP contribution in [0, 0.1) is 0 Å². The highest BCUT2D eigenvalue weighted by molar-refractivity contribution is 8.15. The molecule has 0 spiro atoms. The first-order valence-corrected chi connectivity index (χ1v) is 13.2. The zero-order chi connectivity index (χ0) is 24.6. The van der Waals surface area contributed by atoms with Crippen molar-refractivity contribution in [3.63, 3.8) is 0 Å². The van der Waals surface area contributed by atoms with Crippen molar-refractivity contribution >= 4 is 46.0 Å². The summed E-state index contributed by atoms with van der Waals surface area (Å²) in [5, 5.41) is 0.170. The maximum Gasteiger partial charge on any atom is 0.259 e. The summed E-state index contributed by atoms with van der Waals surface area (Å²) in [5.74, 6) is 0.589. The third-order valence-electron chi connectivity index (χ3n) is 6.87. The predicted molar refractivity (Wildman–Crippen MR) is 145 cm³/mol. The summed E-state index contributed by atoms with van der Waals surface area (Å²) < 4.78 is 0. The maximum atomic E-state index is 13.7. The normalized spacial score (nSPS) is 18.8. The van der Waals surface area contributed by atoms with Crippen molar-refractivity contribution < 1.29 is 9.59 Å². The monoisotopic (exact) mass is 494 g/mol. The fourth-order valence-corrected chi connectivity index (χ4v) is 6.11. The van der Waals surface area contributed by atoms with E-state index in [-0.39, 0.29) is 17.1 Å². The number of benzene rings is 3. The molecule has 0 bridgehead atoms. The van der Waals surface area contributed by atoms with Gasteiger partial charge in [-0.25, -0.2) is 9.89 Å². The second-order valence-electron chi connectivity index (χ2n) is 9.13. The summed E-state index contributed by atoms with van der Waals surface area (Å²) in [6.07, 6.45) is 2.02. The molecule has 3 heterocycles. The van der Waals surface area contributed by atoms with Crippen LogP contribution in [0.1, 0.15) is 30.0 Å². The average molecular weight is 495 g/mol. The van der Waals surface area contributed by atoms with E-state index in [9.17, 15) is 9.59 Å². The number of aliphatic imine (C=N–C) groups is 2. The summed E-state index contributed by atoms with van der Waals surface area (Å²) in [6, 6.07) is 25.3. The lowest BCUT2D eigenvalue weighted by Gasteiger charge is -2.29. The van der Waals surface area contributed by atoms with E-state index in [1.54, 1.807) is 4.90 Å². The lowest BCUT2D eigenvalue weighted by Crippen LogP contribution is -2.44. The highest BCUT2D eigenvalue weighted by Gasteiger charge is 2.43. The molecule has 0 aliphatic carbocycles. The highest BCUT2D eigenvalue weighted by atomic mass is 32.2. The number of fused-ring (bicyclic) bond motifs is 4. The van der Waals surface area contributed by atoms with Crippen molar-refractivity contribution in [3.8, 4) is 0 Å². The molecule has 3 aliphatic rings. The van der Waals surface area contributed by atoms with Crippen LogP contribution < -0.4 is 4.90 Å². The van der Waals surface area contributed by atoms with E-state index in [2.05, 4.69) is 6.07 Å². The molecule has 180 valence electrons. The Bertz CT molecular complexity index is 1400. The fourth-order valence-electron chi connectivity index (χ4n) is 5.03. The Labute approximate surface area is 214 Å². The van der Waals surface area contributed by atoms with Gasteiger partial charge >= 0.3 is 0 Å². The van der Waals surface area contributed by atoms with Gasteiger partial charge in [-0.2, -0.15) is 0 Å². The van der Waals surface area contributed by atoms with Gasteiger partial charge in [0.15, 0.2) is 5.17 Å². The van der Waals surface area contributed by atoms with Crippen LogP contribution in [0.3, 0.4) is 0 Å². The van der Waals surface area contributed by atoms with Gasteiger partial charge in [0, 0.05) is 24.2 Å². The second-order valence-corrected chi connectivity index (χ2v) is 10.3. The largest absolute Gasteiger partial charge is 0.311 e. The minimum Gasteiger partial charge on any atom is -0.311 e. The number of anilines is 1. The molecule has 0 aromatic heterocycles. The Balaban J connectivity index is 1.31. The first-order chi connectivity index (χ1) is 17.6. The average Bonchev–Trinajstić information content (AvgIpc) is 3.49. The van der Waals surface area contributed by atoms with E-state index in [4.69, 9.17) is 9.98 Å². The van der Waals surface area contributed by atoms with Crippen molar-refractivity contribution in [2.24, 2.45) is 9.98 Å². The number of carbonyl (C=O) groups excluding carboxylic acids is 2. The molecule has 0 fully saturated rings. The minimum atomic E-state index is -0.513. The van der Waals surface area contributed by atoms with E-state index in [1.165, 1.54) is 17.3 Å². The van der Waals surface area contributed by atoms with E-state index >= 15 is 0 Å². The Morgan fingerprint density at radius 2 is 1.78 bits per heavy atom. The van der Waals surface area contributed by atoms with Crippen LogP contribution in [-0.4, -0.2) is 45.6 Å². The maximum absolute atomic E-state index is 13.7. The van der Waals surface area contributed by atoms with Gasteiger partial charge in [-0.15, -0.1) is 0 Å². The molecule has 3 aromatic carbocycles. The minimum absolute atomic E-state index is 0.0555. The SMILES string of the molecule is CC[C@@H](SC1=Nc2ccccc2C2=N[C@@H](Cc3ccccc3)C(=O)N12)C(=O)N1CCc2ccccc21. The zero-order valence-electron chi connectivity index (χ0n) is 20.0. The van der Waals surface area contributed by atoms with E-state index in [0.717, 1.165) is 28.9 Å². The zero-order valence-corrected chi connectivity index (χ0v) is 20.8. The van der Waals surface area contributed by atoms with Gasteiger partial charge in [-0.3, -0.25) is 14.6 Å². The number of rotatable bonds is 5.